The van der Waals surface area contributed by atoms with Crippen molar-refractivity contribution in [3.8, 4) is 17.3 Å². The van der Waals surface area contributed by atoms with Gasteiger partial charge in [-0.3, -0.25) is 14.0 Å². The van der Waals surface area contributed by atoms with Crippen LogP contribution in [0.4, 0.5) is 11.5 Å². The minimum Gasteiger partial charge on any atom is -0.480 e. The van der Waals surface area contributed by atoms with Crippen LogP contribution in [0.15, 0.2) is 34.7 Å². The Morgan fingerprint density at radius 3 is 2.60 bits per heavy atom. The number of hydrogen-bond donors (Lipinski definition) is 1. The quantitative estimate of drug-likeness (QED) is 0.209. The van der Waals surface area contributed by atoms with Gasteiger partial charge in [-0.05, 0) is 57.1 Å². The average Bonchev–Trinajstić information content (AvgIpc) is 3.88. The zero-order chi connectivity index (χ0) is 28.4. The van der Waals surface area contributed by atoms with Gasteiger partial charge >= 0.3 is 0 Å². The van der Waals surface area contributed by atoms with E-state index < -0.39 is 10.8 Å². The number of hydrogen-bond acceptors (Lipinski definition) is 10. The monoisotopic (exact) mass is 562 g/mol. The van der Waals surface area contributed by atoms with Gasteiger partial charge < -0.3 is 15.0 Å². The van der Waals surface area contributed by atoms with Crippen LogP contribution >= 0.6 is 0 Å². The first-order valence-corrected chi connectivity index (χ1v) is 14.9. The lowest BCUT2D eigenvalue weighted by atomic mass is 10.1. The Morgan fingerprint density at radius 1 is 1.23 bits per heavy atom. The molecule has 2 atom stereocenters. The fourth-order valence-electron chi connectivity index (χ4n) is 4.66. The zero-order valence-electron chi connectivity index (χ0n) is 23.4. The highest BCUT2D eigenvalue weighted by atomic mass is 32.2. The fraction of sp³-hybridized carbons (Fsp3) is 0.464. The smallest absolute Gasteiger partial charge is 0.227 e. The van der Waals surface area contributed by atoms with Crippen molar-refractivity contribution < 1.29 is 13.7 Å². The van der Waals surface area contributed by atoms with Gasteiger partial charge in [0.05, 0.1) is 35.8 Å². The summed E-state index contributed by atoms with van der Waals surface area (Å²) < 4.78 is 17.2. The van der Waals surface area contributed by atoms with Crippen LogP contribution in [-0.2, 0) is 22.1 Å². The first-order valence-electron chi connectivity index (χ1n) is 13.4. The topological polar surface area (TPSA) is 135 Å². The molecule has 11 nitrogen and oxygen atoms in total. The molecule has 0 amide bonds. The lowest BCUT2D eigenvalue weighted by Gasteiger charge is -2.29. The van der Waals surface area contributed by atoms with Gasteiger partial charge in [-0.1, -0.05) is 6.07 Å². The molecule has 0 spiro atoms. The van der Waals surface area contributed by atoms with Crippen LogP contribution in [0.25, 0.3) is 11.4 Å². The Morgan fingerprint density at radius 2 is 2.00 bits per heavy atom. The maximum absolute atomic E-state index is 12.1. The minimum atomic E-state index is -1.16. The van der Waals surface area contributed by atoms with Gasteiger partial charge in [0.2, 0.25) is 5.88 Å². The maximum atomic E-state index is 12.1. The van der Waals surface area contributed by atoms with Crippen molar-refractivity contribution in [2.45, 2.75) is 63.1 Å². The van der Waals surface area contributed by atoms with Crippen molar-refractivity contribution in [2.24, 2.45) is 10.9 Å². The predicted octanol–water partition coefficient (Wildman–Crippen LogP) is 3.70. The molecule has 2 fully saturated rings. The van der Waals surface area contributed by atoms with E-state index in [4.69, 9.17) is 14.7 Å². The number of ether oxygens (including phenoxy) is 1. The molecule has 2 unspecified atom stereocenters. The third-order valence-corrected chi connectivity index (χ3v) is 8.26. The summed E-state index contributed by atoms with van der Waals surface area (Å²) in [6.45, 7) is 4.31. The van der Waals surface area contributed by atoms with E-state index in [1.165, 1.54) is 19.2 Å². The summed E-state index contributed by atoms with van der Waals surface area (Å²) in [5.74, 6) is 2.69. The molecule has 210 valence electrons. The molecule has 3 heterocycles. The summed E-state index contributed by atoms with van der Waals surface area (Å²) in [5.41, 5.74) is 3.68. The van der Waals surface area contributed by atoms with Gasteiger partial charge in [-0.15, -0.1) is 0 Å². The Hall–Kier alpha value is -3.80. The number of methoxy groups -OCH3 is 1. The third kappa shape index (κ3) is 6.01. The van der Waals surface area contributed by atoms with Gasteiger partial charge in [-0.2, -0.15) is 0 Å². The maximum Gasteiger partial charge on any atom is 0.227 e. The standard InChI is InChI=1S/C28H34N8O3S/c1-16-24(34-21(14-37)29-12-18-6-11-22(30-13-18)40(5)38)27(36(3)17(2)19-7-8-19)35-26(33-16)23-25(20-9-10-20)31-15-32-28(23)39-4/h6,11,13-15,17,19-20H,7-10,12H2,1-5H3,(H,29,34). The largest absolute Gasteiger partial charge is 0.480 e. The molecule has 3 aromatic heterocycles. The van der Waals surface area contributed by atoms with Crippen molar-refractivity contribution in [3.63, 3.8) is 0 Å². The highest BCUT2D eigenvalue weighted by Gasteiger charge is 2.34. The number of nitrogens with one attached hydrogen (secondary N) is 1. The van der Waals surface area contributed by atoms with E-state index in [2.05, 4.69) is 37.1 Å². The normalized spacial score (nSPS) is 16.8. The van der Waals surface area contributed by atoms with Crippen molar-refractivity contribution in [1.29, 1.82) is 0 Å². The molecule has 2 aliphatic rings. The van der Waals surface area contributed by atoms with E-state index in [1.807, 2.05) is 20.0 Å². The second kappa shape index (κ2) is 11.7. The van der Waals surface area contributed by atoms with E-state index in [0.29, 0.717) is 57.6 Å². The number of amidine groups is 1. The highest BCUT2D eigenvalue weighted by molar-refractivity contribution is 7.84. The summed E-state index contributed by atoms with van der Waals surface area (Å²) in [7, 11) is 2.45. The van der Waals surface area contributed by atoms with Crippen LogP contribution in [0.5, 0.6) is 5.88 Å². The van der Waals surface area contributed by atoms with Gasteiger partial charge in [0.15, 0.2) is 23.8 Å². The lowest BCUT2D eigenvalue weighted by molar-refractivity contribution is -0.102. The summed E-state index contributed by atoms with van der Waals surface area (Å²) >= 11 is 0. The van der Waals surface area contributed by atoms with E-state index in [9.17, 15) is 9.00 Å². The number of aldehydes is 1. The van der Waals surface area contributed by atoms with Crippen LogP contribution in [0.3, 0.4) is 0 Å². The predicted molar refractivity (Wildman–Crippen MR) is 154 cm³/mol. The van der Waals surface area contributed by atoms with Crippen LogP contribution < -0.4 is 15.0 Å². The molecule has 0 radical (unpaired) electrons. The van der Waals surface area contributed by atoms with Crippen molar-refractivity contribution in [3.05, 3.63) is 41.6 Å². The molecule has 2 saturated carbocycles. The molecule has 0 aromatic carbocycles. The number of aliphatic imine (C=N–C) groups is 1. The SMILES string of the molecule is COc1ncnc(C2CC2)c1-c1nc(C)c(NC(C=O)=NCc2ccc(S(C)=O)nc2)c(N(C)C(C)C2CC2)n1. The Labute approximate surface area is 236 Å². The fourth-order valence-corrected chi connectivity index (χ4v) is 5.12. The number of anilines is 2. The van der Waals surface area contributed by atoms with Crippen LogP contribution in [0.1, 0.15) is 55.5 Å². The Kier molecular flexibility index (Phi) is 8.15. The van der Waals surface area contributed by atoms with E-state index >= 15 is 0 Å². The molecule has 3 aromatic rings. The van der Waals surface area contributed by atoms with Gasteiger partial charge in [0.1, 0.15) is 22.6 Å². The van der Waals surface area contributed by atoms with Crippen LogP contribution in [0, 0.1) is 12.8 Å². The van der Waals surface area contributed by atoms with Crippen molar-refractivity contribution in [1.82, 2.24) is 24.9 Å². The number of nitrogens with zero attached hydrogens (tertiary/aromatic N) is 7. The number of aryl methyl sites for hydroxylation is 1. The molecule has 12 heteroatoms. The van der Waals surface area contributed by atoms with Gasteiger partial charge in [0.25, 0.3) is 0 Å². The molecular weight excluding hydrogens is 528 g/mol. The first-order chi connectivity index (χ1) is 19.3. The highest BCUT2D eigenvalue weighted by Crippen LogP contribution is 2.46. The van der Waals surface area contributed by atoms with E-state index in [0.717, 1.165) is 24.1 Å². The average molecular weight is 563 g/mol. The van der Waals surface area contributed by atoms with Crippen molar-refractivity contribution in [2.75, 3.05) is 30.6 Å². The Balaban J connectivity index is 1.52. The molecule has 40 heavy (non-hydrogen) atoms. The van der Waals surface area contributed by atoms with E-state index in [1.54, 1.807) is 25.6 Å². The number of carbonyl (C=O) groups is 1. The Bertz CT molecular complexity index is 1450. The first kappa shape index (κ1) is 27.8. The number of pyridine rings is 1. The van der Waals surface area contributed by atoms with E-state index in [-0.39, 0.29) is 18.4 Å². The second-order valence-corrected chi connectivity index (χ2v) is 11.7. The molecule has 0 bridgehead atoms. The van der Waals surface area contributed by atoms with Gasteiger partial charge in [-0.25, -0.2) is 24.9 Å². The zero-order valence-corrected chi connectivity index (χ0v) is 24.2. The van der Waals surface area contributed by atoms with Crippen molar-refractivity contribution >= 4 is 34.4 Å². The summed E-state index contributed by atoms with van der Waals surface area (Å²) in [6, 6.07) is 3.75. The molecule has 0 aliphatic heterocycles. The molecule has 2 aliphatic carbocycles. The summed E-state index contributed by atoms with van der Waals surface area (Å²) in [4.78, 5) is 41.7. The van der Waals surface area contributed by atoms with Crippen LogP contribution in [-0.4, -0.2) is 67.7 Å². The second-order valence-electron chi connectivity index (χ2n) is 10.3. The number of aromatic nitrogens is 5. The van der Waals surface area contributed by atoms with Gasteiger partial charge in [0, 0.05) is 31.5 Å². The number of carbonyl (C=O) groups excluding carboxylic acids is 1. The lowest BCUT2D eigenvalue weighted by Crippen LogP contribution is -2.33. The molecule has 0 saturated heterocycles. The number of rotatable bonds is 11. The summed E-state index contributed by atoms with van der Waals surface area (Å²) in [6.07, 6.45) is 9.89. The molecule has 1 N–H and O–H groups in total. The summed E-state index contributed by atoms with van der Waals surface area (Å²) in [5, 5.41) is 3.70. The molecular formula is C28H34N8O3S. The minimum absolute atomic E-state index is 0.149. The molecule has 5 rings (SSSR count). The van der Waals surface area contributed by atoms with Crippen LogP contribution in [0.2, 0.25) is 0 Å². The third-order valence-electron chi connectivity index (χ3n) is 7.43.